The molecule has 3 aromatic rings. The molecule has 5 rings (SSSR count). The molecule has 40 heavy (non-hydrogen) atoms. The Hall–Kier alpha value is -3.52. The van der Waals surface area contributed by atoms with Crippen LogP contribution in [0.5, 0.6) is 0 Å². The predicted octanol–water partition coefficient (Wildman–Crippen LogP) is 4.07. The van der Waals surface area contributed by atoms with Gasteiger partial charge in [0, 0.05) is 54.2 Å². The lowest BCUT2D eigenvalue weighted by molar-refractivity contribution is -0.137. The number of halogens is 6. The molecule has 0 bridgehead atoms. The van der Waals surface area contributed by atoms with Gasteiger partial charge in [0.1, 0.15) is 11.6 Å². The minimum atomic E-state index is -4.78. The first-order chi connectivity index (χ1) is 18.9. The molecule has 0 unspecified atom stereocenters. The Balaban J connectivity index is 1.45. The van der Waals surface area contributed by atoms with Crippen molar-refractivity contribution in [3.63, 3.8) is 0 Å². The average Bonchev–Trinajstić information content (AvgIpc) is 3.35. The number of nitrogens with zero attached hydrogens (tertiary/aromatic N) is 2. The Morgan fingerprint density at radius 2 is 1.75 bits per heavy atom. The second kappa shape index (κ2) is 10.8. The van der Waals surface area contributed by atoms with Crippen LogP contribution >= 0.6 is 15.9 Å². The van der Waals surface area contributed by atoms with Gasteiger partial charge in [-0.15, -0.1) is 0 Å². The highest BCUT2D eigenvalue weighted by atomic mass is 79.9. The van der Waals surface area contributed by atoms with Gasteiger partial charge in [0.2, 0.25) is 5.56 Å². The molecule has 2 aliphatic rings. The van der Waals surface area contributed by atoms with Crippen molar-refractivity contribution >= 4 is 44.3 Å². The normalized spacial score (nSPS) is 17.9. The minimum absolute atomic E-state index is 0.0797. The first-order valence-corrected chi connectivity index (χ1v) is 13.1. The first kappa shape index (κ1) is 28.0. The Morgan fingerprint density at radius 3 is 2.45 bits per heavy atom. The molecule has 2 N–H and O–H groups in total. The van der Waals surface area contributed by atoms with Gasteiger partial charge in [-0.25, -0.2) is 8.78 Å². The summed E-state index contributed by atoms with van der Waals surface area (Å²) in [6, 6.07) is 3.95. The van der Waals surface area contributed by atoms with Crippen molar-refractivity contribution in [2.24, 2.45) is 0 Å². The highest BCUT2D eigenvalue weighted by Crippen LogP contribution is 2.42. The summed E-state index contributed by atoms with van der Waals surface area (Å²) in [4.78, 5) is 43.6. The van der Waals surface area contributed by atoms with E-state index in [1.54, 1.807) is 0 Å². The summed E-state index contributed by atoms with van der Waals surface area (Å²) in [7, 11) is 0. The molecule has 8 nitrogen and oxygen atoms in total. The Morgan fingerprint density at radius 1 is 1.02 bits per heavy atom. The van der Waals surface area contributed by atoms with Crippen LogP contribution in [0, 0.1) is 11.6 Å². The van der Waals surface area contributed by atoms with E-state index in [4.69, 9.17) is 4.74 Å². The number of H-pyrrole nitrogens is 1. The summed E-state index contributed by atoms with van der Waals surface area (Å²) in [6.07, 6.45) is -4.56. The summed E-state index contributed by atoms with van der Waals surface area (Å²) in [5.41, 5.74) is -2.84. The van der Waals surface area contributed by atoms with Crippen LogP contribution in [-0.2, 0) is 10.9 Å². The standard InChI is InChI=1S/C26H22BrF5N4O4/c27-13-7-18(25(39)35-3-5-40-6-4-35)23(19(8-13)26(30,31)32)36-2-1-15(12-36)33-24(38)17-11-21(37)34-22-16(17)9-14(28)10-20(22)29/h7-11,15H,1-6,12H2,(H,33,38)(H,34,37)/t15-/m1/s1. The van der Waals surface area contributed by atoms with Crippen molar-refractivity contribution in [2.45, 2.75) is 18.6 Å². The van der Waals surface area contributed by atoms with Crippen molar-refractivity contribution in [3.8, 4) is 0 Å². The fourth-order valence-corrected chi connectivity index (χ4v) is 5.53. The molecule has 2 aliphatic heterocycles. The number of hydrogen-bond donors (Lipinski definition) is 2. The van der Waals surface area contributed by atoms with Crippen LogP contribution in [0.4, 0.5) is 27.6 Å². The van der Waals surface area contributed by atoms with Crippen molar-refractivity contribution in [2.75, 3.05) is 44.3 Å². The van der Waals surface area contributed by atoms with Crippen LogP contribution in [0.25, 0.3) is 10.9 Å². The van der Waals surface area contributed by atoms with Crippen LogP contribution in [0.1, 0.15) is 32.7 Å². The fourth-order valence-electron chi connectivity index (χ4n) is 5.07. The van der Waals surface area contributed by atoms with Crippen LogP contribution in [-0.4, -0.2) is 67.1 Å². The molecule has 1 atom stereocenters. The smallest absolute Gasteiger partial charge is 0.378 e. The largest absolute Gasteiger partial charge is 0.418 e. The number of pyridine rings is 1. The molecule has 2 fully saturated rings. The van der Waals surface area contributed by atoms with Crippen molar-refractivity contribution < 1.29 is 36.3 Å². The number of aromatic nitrogens is 1. The van der Waals surface area contributed by atoms with Gasteiger partial charge in [0.25, 0.3) is 11.8 Å². The zero-order valence-electron chi connectivity index (χ0n) is 20.7. The van der Waals surface area contributed by atoms with Gasteiger partial charge < -0.3 is 24.8 Å². The number of amides is 2. The predicted molar refractivity (Wildman–Crippen MR) is 138 cm³/mol. The number of nitrogens with one attached hydrogen (secondary N) is 2. The van der Waals surface area contributed by atoms with Gasteiger partial charge in [0.05, 0.1) is 41.1 Å². The van der Waals surface area contributed by atoms with E-state index in [0.29, 0.717) is 6.07 Å². The van der Waals surface area contributed by atoms with E-state index in [-0.39, 0.29) is 78.0 Å². The topological polar surface area (TPSA) is 94.7 Å². The average molecular weight is 629 g/mol. The second-order valence-electron chi connectivity index (χ2n) is 9.51. The number of aromatic amines is 1. The van der Waals surface area contributed by atoms with Gasteiger partial charge in [-0.1, -0.05) is 15.9 Å². The maximum Gasteiger partial charge on any atom is 0.418 e. The zero-order chi connectivity index (χ0) is 28.8. The van der Waals surface area contributed by atoms with E-state index in [1.807, 2.05) is 0 Å². The van der Waals surface area contributed by atoms with Gasteiger partial charge in [-0.05, 0) is 24.6 Å². The molecule has 14 heteroatoms. The quantitative estimate of drug-likeness (QED) is 0.425. The molecule has 2 aromatic carbocycles. The van der Waals surface area contributed by atoms with Gasteiger partial charge in [0.15, 0.2) is 0 Å². The van der Waals surface area contributed by atoms with Gasteiger partial charge in [-0.3, -0.25) is 14.4 Å². The molecule has 2 saturated heterocycles. The molecule has 0 aliphatic carbocycles. The Kier molecular flexibility index (Phi) is 7.57. The van der Waals surface area contributed by atoms with Gasteiger partial charge >= 0.3 is 6.18 Å². The summed E-state index contributed by atoms with van der Waals surface area (Å²) in [5, 5.41) is 2.50. The van der Waals surface area contributed by atoms with Crippen LogP contribution < -0.4 is 15.8 Å². The lowest BCUT2D eigenvalue weighted by Crippen LogP contribution is -2.42. The zero-order valence-corrected chi connectivity index (χ0v) is 22.3. The Labute approximate surface area is 232 Å². The molecule has 1 aromatic heterocycles. The number of ether oxygens (including phenoxy) is 1. The monoisotopic (exact) mass is 628 g/mol. The maximum absolute atomic E-state index is 14.2. The van der Waals surface area contributed by atoms with Crippen molar-refractivity contribution in [1.82, 2.24) is 15.2 Å². The SMILES string of the molecule is O=C(N[C@@H]1CCN(c2c(C(=O)N3CCOCC3)cc(Br)cc2C(F)(F)F)C1)c1cc(=O)[nH]c2c(F)cc(F)cc12. The third-order valence-corrected chi connectivity index (χ3v) is 7.32. The van der Waals surface area contributed by atoms with E-state index in [9.17, 15) is 36.3 Å². The molecule has 0 radical (unpaired) electrons. The number of carbonyl (C=O) groups excluding carboxylic acids is 2. The Bertz CT molecular complexity index is 1550. The number of carbonyl (C=O) groups is 2. The van der Waals surface area contributed by atoms with E-state index in [0.717, 1.165) is 18.2 Å². The molecule has 0 spiro atoms. The van der Waals surface area contributed by atoms with E-state index >= 15 is 0 Å². The van der Waals surface area contributed by atoms with Crippen LogP contribution in [0.2, 0.25) is 0 Å². The van der Waals surface area contributed by atoms with E-state index in [1.165, 1.54) is 15.9 Å². The third-order valence-electron chi connectivity index (χ3n) is 6.86. The summed E-state index contributed by atoms with van der Waals surface area (Å²) < 4.78 is 76.0. The van der Waals surface area contributed by atoms with E-state index < -0.39 is 46.8 Å². The lowest BCUT2D eigenvalue weighted by Gasteiger charge is -2.31. The molecule has 3 heterocycles. The highest BCUT2D eigenvalue weighted by Gasteiger charge is 2.40. The molecule has 2 amide bonds. The summed E-state index contributed by atoms with van der Waals surface area (Å²) in [5.74, 6) is -3.40. The number of anilines is 1. The third kappa shape index (κ3) is 5.55. The number of benzene rings is 2. The number of rotatable bonds is 4. The van der Waals surface area contributed by atoms with Crippen LogP contribution in [0.15, 0.2) is 39.6 Å². The number of morpholine rings is 1. The van der Waals surface area contributed by atoms with Gasteiger partial charge in [-0.2, -0.15) is 13.2 Å². The fraction of sp³-hybridized carbons (Fsp3) is 0.346. The highest BCUT2D eigenvalue weighted by molar-refractivity contribution is 9.10. The number of hydrogen-bond acceptors (Lipinski definition) is 5. The number of fused-ring (bicyclic) bond motifs is 1. The maximum atomic E-state index is 14.2. The summed E-state index contributed by atoms with van der Waals surface area (Å²) in [6.45, 7) is 1.00. The molecule has 212 valence electrons. The number of alkyl halides is 3. The molecule has 0 saturated carbocycles. The lowest BCUT2D eigenvalue weighted by atomic mass is 10.0. The van der Waals surface area contributed by atoms with E-state index in [2.05, 4.69) is 26.2 Å². The minimum Gasteiger partial charge on any atom is -0.378 e. The molecular weight excluding hydrogens is 607 g/mol. The summed E-state index contributed by atoms with van der Waals surface area (Å²) >= 11 is 3.09. The van der Waals surface area contributed by atoms with Crippen molar-refractivity contribution in [3.05, 3.63) is 73.5 Å². The first-order valence-electron chi connectivity index (χ1n) is 12.3. The van der Waals surface area contributed by atoms with Crippen molar-refractivity contribution in [1.29, 1.82) is 0 Å². The molecular formula is C26H22BrF5N4O4. The second-order valence-corrected chi connectivity index (χ2v) is 10.4. The van der Waals surface area contributed by atoms with Crippen LogP contribution in [0.3, 0.4) is 0 Å².